The van der Waals surface area contributed by atoms with Crippen LogP contribution in [0.2, 0.25) is 0 Å². The first kappa shape index (κ1) is 25.9. The van der Waals surface area contributed by atoms with Gasteiger partial charge in [0.2, 0.25) is 5.91 Å². The fraction of sp³-hybridized carbons (Fsp3) is 0.545. The molecule has 0 saturated carbocycles. The zero-order valence-electron chi connectivity index (χ0n) is 19.2. The molecule has 10 heteroatoms. The highest BCUT2D eigenvalue weighted by Gasteiger charge is 2.21. The molecular weight excluding hydrogens is 521 g/mol. The van der Waals surface area contributed by atoms with Crippen LogP contribution in [0.5, 0.6) is 5.75 Å². The summed E-state index contributed by atoms with van der Waals surface area (Å²) in [4.78, 5) is 20.6. The van der Waals surface area contributed by atoms with Crippen molar-refractivity contribution in [3.8, 4) is 5.75 Å². The lowest BCUT2D eigenvalue weighted by molar-refractivity contribution is -0.130. The largest absolute Gasteiger partial charge is 0.497 e. The lowest BCUT2D eigenvalue weighted by Crippen LogP contribution is -2.53. The van der Waals surface area contributed by atoms with Crippen molar-refractivity contribution in [2.24, 2.45) is 4.99 Å². The Balaban J connectivity index is 0.00000363. The molecule has 0 radical (unpaired) electrons. The van der Waals surface area contributed by atoms with Crippen LogP contribution in [0.1, 0.15) is 25.2 Å². The molecule has 1 aromatic carbocycles. The molecule has 3 rings (SSSR count). The summed E-state index contributed by atoms with van der Waals surface area (Å²) in [6, 6.07) is 8.10. The second-order valence-electron chi connectivity index (χ2n) is 7.52. The molecule has 1 aliphatic rings. The highest BCUT2D eigenvalue weighted by Crippen LogP contribution is 2.12. The normalized spacial score (nSPS) is 14.2. The van der Waals surface area contributed by atoms with Crippen molar-refractivity contribution in [2.75, 3.05) is 46.4 Å². The second kappa shape index (κ2) is 13.2. The maximum atomic E-state index is 11.7. The Morgan fingerprint density at radius 2 is 1.84 bits per heavy atom. The predicted octanol–water partition coefficient (Wildman–Crippen LogP) is 1.82. The number of aliphatic imine (C=N–C) groups is 1. The minimum absolute atomic E-state index is 0. The molecule has 32 heavy (non-hydrogen) atoms. The van der Waals surface area contributed by atoms with E-state index in [1.807, 2.05) is 17.0 Å². The summed E-state index contributed by atoms with van der Waals surface area (Å²) in [5.74, 6) is 2.86. The van der Waals surface area contributed by atoms with Gasteiger partial charge in [0.05, 0.1) is 7.11 Å². The fourth-order valence-electron chi connectivity index (χ4n) is 3.61. The van der Waals surface area contributed by atoms with E-state index in [0.717, 1.165) is 69.6 Å². The molecule has 1 saturated heterocycles. The Labute approximate surface area is 207 Å². The number of nitrogens with zero attached hydrogens (tertiary/aromatic N) is 6. The van der Waals surface area contributed by atoms with E-state index in [1.165, 1.54) is 5.56 Å². The van der Waals surface area contributed by atoms with Crippen molar-refractivity contribution in [2.45, 2.75) is 33.2 Å². The quantitative estimate of drug-likeness (QED) is 0.304. The highest BCUT2D eigenvalue weighted by atomic mass is 127. The van der Waals surface area contributed by atoms with Crippen molar-refractivity contribution >= 4 is 35.8 Å². The van der Waals surface area contributed by atoms with Gasteiger partial charge in [0, 0.05) is 59.2 Å². The molecule has 9 nitrogen and oxygen atoms in total. The number of hydrogen-bond donors (Lipinski definition) is 1. The van der Waals surface area contributed by atoms with Gasteiger partial charge in [-0.3, -0.25) is 9.79 Å². The third-order valence-corrected chi connectivity index (χ3v) is 5.49. The first-order valence-corrected chi connectivity index (χ1v) is 10.9. The summed E-state index contributed by atoms with van der Waals surface area (Å²) in [5.41, 5.74) is 1.22. The number of aryl methyl sites for hydroxylation is 1. The van der Waals surface area contributed by atoms with Gasteiger partial charge in [-0.25, -0.2) is 0 Å². The Morgan fingerprint density at radius 1 is 1.16 bits per heavy atom. The predicted molar refractivity (Wildman–Crippen MR) is 136 cm³/mol. The van der Waals surface area contributed by atoms with Gasteiger partial charge in [-0.1, -0.05) is 19.1 Å². The third kappa shape index (κ3) is 7.35. The maximum absolute atomic E-state index is 11.7. The van der Waals surface area contributed by atoms with Crippen LogP contribution in [0.25, 0.3) is 0 Å². The van der Waals surface area contributed by atoms with Crippen LogP contribution in [-0.2, 0) is 24.2 Å². The van der Waals surface area contributed by atoms with E-state index in [0.29, 0.717) is 6.54 Å². The molecule has 1 aromatic heterocycles. The lowest BCUT2D eigenvalue weighted by Gasteiger charge is -2.36. The molecule has 1 amide bonds. The van der Waals surface area contributed by atoms with E-state index < -0.39 is 0 Å². The van der Waals surface area contributed by atoms with Crippen molar-refractivity contribution in [3.63, 3.8) is 0 Å². The number of carbonyl (C=O) groups is 1. The van der Waals surface area contributed by atoms with E-state index in [-0.39, 0.29) is 29.9 Å². The number of piperazine rings is 1. The van der Waals surface area contributed by atoms with E-state index in [4.69, 9.17) is 9.73 Å². The summed E-state index contributed by atoms with van der Waals surface area (Å²) in [6.07, 6.45) is 3.48. The standard InChI is InChI=1S/C22H33N7O2.HI/c1-4-21-26-25-17-29(21)12-11-24-22(28-15-13-27(14-16-28)18(2)30)23-10-9-19-5-7-20(31-3)8-6-19;/h5-8,17H,4,9-16H2,1-3H3,(H,23,24);1H. The van der Waals surface area contributed by atoms with Crippen molar-refractivity contribution < 1.29 is 9.53 Å². The number of nitrogens with one attached hydrogen (secondary N) is 1. The molecule has 0 spiro atoms. The number of carbonyl (C=O) groups excluding carboxylic acids is 1. The summed E-state index contributed by atoms with van der Waals surface area (Å²) >= 11 is 0. The first-order chi connectivity index (χ1) is 15.1. The van der Waals surface area contributed by atoms with Crippen molar-refractivity contribution in [1.82, 2.24) is 29.9 Å². The average molecular weight is 555 g/mol. The van der Waals surface area contributed by atoms with Crippen molar-refractivity contribution in [3.05, 3.63) is 42.0 Å². The van der Waals surface area contributed by atoms with Crippen LogP contribution in [0.4, 0.5) is 0 Å². The minimum Gasteiger partial charge on any atom is -0.497 e. The first-order valence-electron chi connectivity index (χ1n) is 10.9. The van der Waals surface area contributed by atoms with Crippen LogP contribution in [0.15, 0.2) is 35.6 Å². The molecule has 1 fully saturated rings. The molecule has 0 unspecified atom stereocenters. The number of halogens is 1. The van der Waals surface area contributed by atoms with E-state index in [9.17, 15) is 4.79 Å². The van der Waals surface area contributed by atoms with Crippen LogP contribution < -0.4 is 10.1 Å². The fourth-order valence-corrected chi connectivity index (χ4v) is 3.61. The van der Waals surface area contributed by atoms with Crippen LogP contribution in [0, 0.1) is 0 Å². The number of amides is 1. The molecule has 2 heterocycles. The van der Waals surface area contributed by atoms with Gasteiger partial charge < -0.3 is 24.4 Å². The Hall–Kier alpha value is -2.37. The van der Waals surface area contributed by atoms with Gasteiger partial charge in [0.25, 0.3) is 0 Å². The zero-order chi connectivity index (χ0) is 22.1. The summed E-state index contributed by atoms with van der Waals surface area (Å²) in [7, 11) is 1.67. The molecule has 0 aliphatic carbocycles. The second-order valence-corrected chi connectivity index (χ2v) is 7.52. The highest BCUT2D eigenvalue weighted by molar-refractivity contribution is 14.0. The maximum Gasteiger partial charge on any atom is 0.219 e. The molecule has 1 aliphatic heterocycles. The van der Waals surface area contributed by atoms with Gasteiger partial charge in [-0.2, -0.15) is 0 Å². The zero-order valence-corrected chi connectivity index (χ0v) is 21.5. The third-order valence-electron chi connectivity index (χ3n) is 5.49. The smallest absolute Gasteiger partial charge is 0.219 e. The molecule has 1 N–H and O–H groups in total. The number of aromatic nitrogens is 3. The lowest BCUT2D eigenvalue weighted by atomic mass is 10.1. The molecule has 2 aromatic rings. The van der Waals surface area contributed by atoms with Crippen LogP contribution in [-0.4, -0.2) is 82.8 Å². The van der Waals surface area contributed by atoms with Gasteiger partial charge in [0.1, 0.15) is 17.9 Å². The molecular formula is C22H34IN7O2. The van der Waals surface area contributed by atoms with Crippen molar-refractivity contribution in [1.29, 1.82) is 0 Å². The van der Waals surface area contributed by atoms with Gasteiger partial charge >= 0.3 is 0 Å². The van der Waals surface area contributed by atoms with Crippen LogP contribution in [0.3, 0.4) is 0 Å². The topological polar surface area (TPSA) is 87.9 Å². The average Bonchev–Trinajstić information content (AvgIpc) is 3.26. The number of ether oxygens (including phenoxy) is 1. The van der Waals surface area contributed by atoms with Gasteiger partial charge in [-0.15, -0.1) is 34.2 Å². The Morgan fingerprint density at radius 3 is 2.47 bits per heavy atom. The molecule has 176 valence electrons. The summed E-state index contributed by atoms with van der Waals surface area (Å²) in [5, 5.41) is 11.6. The molecule has 0 atom stereocenters. The van der Waals surface area contributed by atoms with Gasteiger partial charge in [0.15, 0.2) is 5.96 Å². The van der Waals surface area contributed by atoms with Gasteiger partial charge in [-0.05, 0) is 24.1 Å². The monoisotopic (exact) mass is 555 g/mol. The molecule has 0 bridgehead atoms. The number of methoxy groups -OCH3 is 1. The Bertz CT molecular complexity index is 861. The van der Waals surface area contributed by atoms with Crippen LogP contribution >= 0.6 is 24.0 Å². The summed E-state index contributed by atoms with van der Waals surface area (Å²) in [6.45, 7) is 8.91. The SMILES string of the molecule is CCc1nncn1CCNC(=NCCc1ccc(OC)cc1)N1CCN(C(C)=O)CC1.I. The summed E-state index contributed by atoms with van der Waals surface area (Å²) < 4.78 is 7.29. The number of guanidine groups is 1. The van der Waals surface area contributed by atoms with E-state index in [1.54, 1.807) is 20.4 Å². The number of hydrogen-bond acceptors (Lipinski definition) is 5. The van der Waals surface area contributed by atoms with E-state index in [2.05, 4.69) is 44.0 Å². The number of rotatable bonds is 8. The minimum atomic E-state index is 0. The number of benzene rings is 1. The van der Waals surface area contributed by atoms with E-state index >= 15 is 0 Å². The Kier molecular flexibility index (Phi) is 10.7.